The van der Waals surface area contributed by atoms with Crippen molar-refractivity contribution in [1.82, 2.24) is 4.57 Å². The molecule has 106 valence electrons. The third kappa shape index (κ3) is 2.59. The molecule has 0 radical (unpaired) electrons. The predicted molar refractivity (Wildman–Crippen MR) is 89.9 cm³/mol. The number of hydrogen-bond acceptors (Lipinski definition) is 2. The first-order valence-corrected chi connectivity index (χ1v) is 7.47. The first kappa shape index (κ1) is 14.3. The zero-order valence-electron chi connectivity index (χ0n) is 11.5. The standard InChI is InChI=1S/C18H11BrN2O/c19-17-5-3-4-15(16(17)12-20)13-7-9-14(10-8-13)21-11-2-1-6-18(21)22/h1-11H. The molecule has 3 rings (SSSR count). The Bertz CT molecular complexity index is 921. The summed E-state index contributed by atoms with van der Waals surface area (Å²) >= 11 is 3.40. The topological polar surface area (TPSA) is 45.8 Å². The number of rotatable bonds is 2. The average molecular weight is 351 g/mol. The number of aromatic nitrogens is 1. The van der Waals surface area contributed by atoms with Gasteiger partial charge < -0.3 is 0 Å². The lowest BCUT2D eigenvalue weighted by Gasteiger charge is -2.08. The quantitative estimate of drug-likeness (QED) is 0.697. The first-order chi connectivity index (χ1) is 10.7. The smallest absolute Gasteiger partial charge is 0.255 e. The van der Waals surface area contributed by atoms with Crippen molar-refractivity contribution in [1.29, 1.82) is 5.26 Å². The number of halogens is 1. The van der Waals surface area contributed by atoms with Gasteiger partial charge in [-0.15, -0.1) is 0 Å². The van der Waals surface area contributed by atoms with Crippen LogP contribution >= 0.6 is 15.9 Å². The van der Waals surface area contributed by atoms with Gasteiger partial charge in [-0.25, -0.2) is 0 Å². The lowest BCUT2D eigenvalue weighted by atomic mass is 10.0. The third-order valence-electron chi connectivity index (χ3n) is 3.40. The second kappa shape index (κ2) is 6.00. The van der Waals surface area contributed by atoms with Gasteiger partial charge in [0.2, 0.25) is 0 Å². The summed E-state index contributed by atoms with van der Waals surface area (Å²) in [5.74, 6) is 0. The molecule has 0 amide bonds. The van der Waals surface area contributed by atoms with Gasteiger partial charge in [-0.2, -0.15) is 5.26 Å². The van der Waals surface area contributed by atoms with E-state index in [1.807, 2.05) is 48.5 Å². The SMILES string of the molecule is N#Cc1c(Br)cccc1-c1ccc(-n2ccccc2=O)cc1. The largest absolute Gasteiger partial charge is 0.284 e. The van der Waals surface area contributed by atoms with Gasteiger partial charge in [-0.3, -0.25) is 9.36 Å². The van der Waals surface area contributed by atoms with Crippen molar-refractivity contribution >= 4 is 15.9 Å². The van der Waals surface area contributed by atoms with Crippen molar-refractivity contribution in [3.05, 3.63) is 87.3 Å². The van der Waals surface area contributed by atoms with E-state index in [0.29, 0.717) is 5.56 Å². The second-order valence-electron chi connectivity index (χ2n) is 4.73. The van der Waals surface area contributed by atoms with Crippen molar-refractivity contribution in [2.24, 2.45) is 0 Å². The molecule has 0 spiro atoms. The van der Waals surface area contributed by atoms with E-state index in [-0.39, 0.29) is 5.56 Å². The van der Waals surface area contributed by atoms with Crippen LogP contribution in [0, 0.1) is 11.3 Å². The maximum atomic E-state index is 11.8. The van der Waals surface area contributed by atoms with Crippen molar-refractivity contribution < 1.29 is 0 Å². The molecule has 3 aromatic rings. The monoisotopic (exact) mass is 350 g/mol. The molecule has 0 aliphatic carbocycles. The molecule has 1 aromatic heterocycles. The lowest BCUT2D eigenvalue weighted by molar-refractivity contribution is 0.991. The van der Waals surface area contributed by atoms with Gasteiger partial charge in [0.1, 0.15) is 6.07 Å². The fourth-order valence-electron chi connectivity index (χ4n) is 2.32. The van der Waals surface area contributed by atoms with E-state index in [0.717, 1.165) is 21.3 Å². The van der Waals surface area contributed by atoms with Gasteiger partial charge in [-0.1, -0.05) is 30.3 Å². The molecule has 3 nitrogen and oxygen atoms in total. The molecule has 0 unspecified atom stereocenters. The minimum atomic E-state index is -0.0737. The van der Waals surface area contributed by atoms with Crippen LogP contribution in [0.2, 0.25) is 0 Å². The minimum absolute atomic E-state index is 0.0737. The van der Waals surface area contributed by atoms with Gasteiger partial charge in [0.15, 0.2) is 0 Å². The molecule has 0 saturated carbocycles. The van der Waals surface area contributed by atoms with Gasteiger partial charge in [0.05, 0.1) is 5.56 Å². The molecular weight excluding hydrogens is 340 g/mol. The number of nitriles is 1. The van der Waals surface area contributed by atoms with Gasteiger partial charge in [0.25, 0.3) is 5.56 Å². The minimum Gasteiger partial charge on any atom is -0.284 e. The Morgan fingerprint density at radius 2 is 1.73 bits per heavy atom. The van der Waals surface area contributed by atoms with Crippen molar-refractivity contribution in [2.45, 2.75) is 0 Å². The van der Waals surface area contributed by atoms with E-state index in [9.17, 15) is 10.1 Å². The highest BCUT2D eigenvalue weighted by Gasteiger charge is 2.08. The Labute approximate surface area is 136 Å². The summed E-state index contributed by atoms with van der Waals surface area (Å²) in [6, 6.07) is 20.5. The molecule has 0 bridgehead atoms. The van der Waals surface area contributed by atoms with E-state index < -0.39 is 0 Å². The summed E-state index contributed by atoms with van der Waals surface area (Å²) in [4.78, 5) is 11.8. The second-order valence-corrected chi connectivity index (χ2v) is 5.58. The van der Waals surface area contributed by atoms with Crippen LogP contribution in [0.4, 0.5) is 0 Å². The number of pyridine rings is 1. The van der Waals surface area contributed by atoms with E-state index >= 15 is 0 Å². The number of nitrogens with zero attached hydrogens (tertiary/aromatic N) is 2. The van der Waals surface area contributed by atoms with Gasteiger partial charge in [0, 0.05) is 28.0 Å². The fourth-order valence-corrected chi connectivity index (χ4v) is 2.78. The van der Waals surface area contributed by atoms with Gasteiger partial charge >= 0.3 is 0 Å². The summed E-state index contributed by atoms with van der Waals surface area (Å²) in [7, 11) is 0. The first-order valence-electron chi connectivity index (χ1n) is 6.68. The Morgan fingerprint density at radius 1 is 0.955 bits per heavy atom. The molecule has 1 heterocycles. The van der Waals surface area contributed by atoms with E-state index in [4.69, 9.17) is 0 Å². The molecule has 0 saturated heterocycles. The van der Waals surface area contributed by atoms with Crippen LogP contribution in [-0.2, 0) is 0 Å². The normalized spacial score (nSPS) is 10.2. The summed E-state index contributed by atoms with van der Waals surface area (Å²) in [6.07, 6.45) is 1.73. The third-order valence-corrected chi connectivity index (χ3v) is 4.07. The molecule has 0 N–H and O–H groups in total. The maximum absolute atomic E-state index is 11.8. The van der Waals surface area contributed by atoms with Crippen molar-refractivity contribution in [2.75, 3.05) is 0 Å². The maximum Gasteiger partial charge on any atom is 0.255 e. The number of hydrogen-bond donors (Lipinski definition) is 0. The van der Waals surface area contributed by atoms with Crippen LogP contribution in [0.3, 0.4) is 0 Å². The van der Waals surface area contributed by atoms with Crippen LogP contribution < -0.4 is 5.56 Å². The zero-order valence-corrected chi connectivity index (χ0v) is 13.1. The van der Waals surface area contributed by atoms with Gasteiger partial charge in [-0.05, 0) is 45.8 Å². The molecule has 0 aliphatic heterocycles. The van der Waals surface area contributed by atoms with Crippen LogP contribution in [0.5, 0.6) is 0 Å². The molecule has 0 atom stereocenters. The summed E-state index contributed by atoms with van der Waals surface area (Å²) in [5.41, 5.74) is 3.12. The van der Waals surface area contributed by atoms with Crippen LogP contribution in [0.1, 0.15) is 5.56 Å². The van der Waals surface area contributed by atoms with E-state index in [1.54, 1.807) is 16.8 Å². The number of benzene rings is 2. The molecule has 0 aliphatic rings. The van der Waals surface area contributed by atoms with Crippen LogP contribution in [0.25, 0.3) is 16.8 Å². The predicted octanol–water partition coefficient (Wildman–Crippen LogP) is 4.14. The van der Waals surface area contributed by atoms with E-state index in [2.05, 4.69) is 22.0 Å². The molecular formula is C18H11BrN2O. The van der Waals surface area contributed by atoms with Crippen LogP contribution in [0.15, 0.2) is 76.1 Å². The molecule has 0 fully saturated rings. The Hall–Kier alpha value is -2.64. The summed E-state index contributed by atoms with van der Waals surface area (Å²) < 4.78 is 2.35. The zero-order chi connectivity index (χ0) is 15.5. The molecule has 2 aromatic carbocycles. The Kier molecular flexibility index (Phi) is 3.90. The highest BCUT2D eigenvalue weighted by atomic mass is 79.9. The van der Waals surface area contributed by atoms with Crippen LogP contribution in [-0.4, -0.2) is 4.57 Å². The Morgan fingerprint density at radius 3 is 2.41 bits per heavy atom. The highest BCUT2D eigenvalue weighted by molar-refractivity contribution is 9.10. The molecule has 4 heteroatoms. The Balaban J connectivity index is 2.07. The highest BCUT2D eigenvalue weighted by Crippen LogP contribution is 2.29. The lowest BCUT2D eigenvalue weighted by Crippen LogP contribution is -2.15. The summed E-state index contributed by atoms with van der Waals surface area (Å²) in [5, 5.41) is 9.30. The fraction of sp³-hybridized carbons (Fsp3) is 0. The van der Waals surface area contributed by atoms with Crippen molar-refractivity contribution in [3.63, 3.8) is 0 Å². The van der Waals surface area contributed by atoms with Crippen molar-refractivity contribution in [3.8, 4) is 22.9 Å². The van der Waals surface area contributed by atoms with E-state index in [1.165, 1.54) is 6.07 Å². The summed E-state index contributed by atoms with van der Waals surface area (Å²) in [6.45, 7) is 0. The molecule has 22 heavy (non-hydrogen) atoms. The average Bonchev–Trinajstić information content (AvgIpc) is 2.55.